The van der Waals surface area contributed by atoms with Gasteiger partial charge < -0.3 is 5.32 Å². The Labute approximate surface area is 104 Å². The molecular formula is C14H23N3. The minimum absolute atomic E-state index is 0.838. The number of nitrogens with one attached hydrogen (secondary N) is 1. The van der Waals surface area contributed by atoms with E-state index in [2.05, 4.69) is 34.3 Å². The fourth-order valence-electron chi connectivity index (χ4n) is 2.09. The van der Waals surface area contributed by atoms with Gasteiger partial charge in [-0.05, 0) is 37.4 Å². The molecule has 0 saturated heterocycles. The highest BCUT2D eigenvalue weighted by molar-refractivity contribution is 5.34. The summed E-state index contributed by atoms with van der Waals surface area (Å²) in [6, 6.07) is 5.07. The number of hydrogen-bond acceptors (Lipinski definition) is 3. The molecule has 3 nitrogen and oxygen atoms in total. The number of hydrogen-bond donors (Lipinski definition) is 1. The molecule has 1 aromatic heterocycles. The Balaban J connectivity index is 1.91. The standard InChI is InChI=1S/C14H23N3/c1-3-4-9-17(13-6-7-13)11-12-5-8-14(15-2)16-10-12/h5,8,10,13H,3-4,6-7,9,11H2,1-2H3,(H,15,16). The highest BCUT2D eigenvalue weighted by Gasteiger charge is 2.28. The third-order valence-corrected chi connectivity index (χ3v) is 3.33. The van der Waals surface area contributed by atoms with Crippen LogP contribution >= 0.6 is 0 Å². The number of pyridine rings is 1. The Bertz CT molecular complexity index is 330. The lowest BCUT2D eigenvalue weighted by Crippen LogP contribution is -2.26. The SMILES string of the molecule is CCCCN(Cc1ccc(NC)nc1)C1CC1. The topological polar surface area (TPSA) is 28.2 Å². The van der Waals surface area contributed by atoms with Crippen molar-refractivity contribution >= 4 is 5.82 Å². The van der Waals surface area contributed by atoms with Crippen LogP contribution in [0.5, 0.6) is 0 Å². The highest BCUT2D eigenvalue weighted by Crippen LogP contribution is 2.28. The molecule has 1 heterocycles. The maximum absolute atomic E-state index is 4.37. The van der Waals surface area contributed by atoms with Gasteiger partial charge in [-0.25, -0.2) is 4.98 Å². The van der Waals surface area contributed by atoms with E-state index in [4.69, 9.17) is 0 Å². The van der Waals surface area contributed by atoms with Crippen molar-refractivity contribution in [1.29, 1.82) is 0 Å². The fraction of sp³-hybridized carbons (Fsp3) is 0.643. The van der Waals surface area contributed by atoms with Crippen molar-refractivity contribution in [2.24, 2.45) is 0 Å². The zero-order valence-electron chi connectivity index (χ0n) is 10.9. The van der Waals surface area contributed by atoms with Gasteiger partial charge in [-0.2, -0.15) is 0 Å². The Morgan fingerprint density at radius 1 is 1.41 bits per heavy atom. The molecule has 17 heavy (non-hydrogen) atoms. The largest absolute Gasteiger partial charge is 0.373 e. The first-order valence-corrected chi connectivity index (χ1v) is 6.70. The van der Waals surface area contributed by atoms with Crippen LogP contribution in [0.25, 0.3) is 0 Å². The summed E-state index contributed by atoms with van der Waals surface area (Å²) < 4.78 is 0. The van der Waals surface area contributed by atoms with Crippen LogP contribution in [-0.4, -0.2) is 29.5 Å². The molecule has 0 aliphatic heterocycles. The molecule has 0 radical (unpaired) electrons. The maximum atomic E-state index is 4.37. The lowest BCUT2D eigenvalue weighted by Gasteiger charge is -2.21. The molecule has 2 rings (SSSR count). The van der Waals surface area contributed by atoms with Gasteiger partial charge in [0.15, 0.2) is 0 Å². The van der Waals surface area contributed by atoms with Crippen molar-refractivity contribution in [3.63, 3.8) is 0 Å². The predicted octanol–water partition coefficient (Wildman–Crippen LogP) is 2.89. The van der Waals surface area contributed by atoms with Crippen molar-refractivity contribution < 1.29 is 0 Å². The Hall–Kier alpha value is -1.09. The smallest absolute Gasteiger partial charge is 0.125 e. The molecule has 0 spiro atoms. The van der Waals surface area contributed by atoms with Gasteiger partial charge in [0.25, 0.3) is 0 Å². The van der Waals surface area contributed by atoms with Crippen LogP contribution in [0.4, 0.5) is 5.82 Å². The first-order valence-electron chi connectivity index (χ1n) is 6.70. The zero-order valence-corrected chi connectivity index (χ0v) is 10.9. The molecule has 1 saturated carbocycles. The summed E-state index contributed by atoms with van der Waals surface area (Å²) in [5.41, 5.74) is 1.33. The molecule has 0 amide bonds. The third-order valence-electron chi connectivity index (χ3n) is 3.33. The van der Waals surface area contributed by atoms with Crippen molar-refractivity contribution in [1.82, 2.24) is 9.88 Å². The lowest BCUT2D eigenvalue weighted by atomic mass is 10.2. The summed E-state index contributed by atoms with van der Waals surface area (Å²) in [5.74, 6) is 0.945. The summed E-state index contributed by atoms with van der Waals surface area (Å²) in [4.78, 5) is 6.98. The van der Waals surface area contributed by atoms with E-state index in [-0.39, 0.29) is 0 Å². The number of rotatable bonds is 7. The van der Waals surface area contributed by atoms with Gasteiger partial charge in [-0.1, -0.05) is 19.4 Å². The average Bonchev–Trinajstić information content (AvgIpc) is 3.19. The van der Waals surface area contributed by atoms with E-state index in [1.165, 1.54) is 37.8 Å². The van der Waals surface area contributed by atoms with E-state index in [0.717, 1.165) is 18.4 Å². The van der Waals surface area contributed by atoms with E-state index in [1.54, 1.807) is 0 Å². The monoisotopic (exact) mass is 233 g/mol. The Morgan fingerprint density at radius 3 is 2.76 bits per heavy atom. The van der Waals surface area contributed by atoms with Gasteiger partial charge >= 0.3 is 0 Å². The van der Waals surface area contributed by atoms with Gasteiger partial charge in [-0.15, -0.1) is 0 Å². The minimum Gasteiger partial charge on any atom is -0.373 e. The van der Waals surface area contributed by atoms with Crippen molar-refractivity contribution in [3.05, 3.63) is 23.9 Å². The second kappa shape index (κ2) is 6.01. The third kappa shape index (κ3) is 3.70. The van der Waals surface area contributed by atoms with Crippen LogP contribution in [-0.2, 0) is 6.54 Å². The normalized spacial score (nSPS) is 15.2. The summed E-state index contributed by atoms with van der Waals surface area (Å²) in [5, 5.41) is 3.05. The highest BCUT2D eigenvalue weighted by atomic mass is 15.2. The molecule has 1 fully saturated rings. The molecule has 1 N–H and O–H groups in total. The first kappa shape index (κ1) is 12.4. The van der Waals surface area contributed by atoms with E-state index < -0.39 is 0 Å². The van der Waals surface area contributed by atoms with E-state index in [9.17, 15) is 0 Å². The van der Waals surface area contributed by atoms with E-state index in [1.807, 2.05) is 13.2 Å². The van der Waals surface area contributed by atoms with Gasteiger partial charge in [0.05, 0.1) is 0 Å². The van der Waals surface area contributed by atoms with Gasteiger partial charge in [0.2, 0.25) is 0 Å². The maximum Gasteiger partial charge on any atom is 0.125 e. The average molecular weight is 233 g/mol. The van der Waals surface area contributed by atoms with Crippen LogP contribution < -0.4 is 5.32 Å². The van der Waals surface area contributed by atoms with E-state index >= 15 is 0 Å². The van der Waals surface area contributed by atoms with Crippen LogP contribution in [0.3, 0.4) is 0 Å². The van der Waals surface area contributed by atoms with Crippen LogP contribution in [0.2, 0.25) is 0 Å². The molecule has 1 aromatic rings. The number of nitrogens with zero attached hydrogens (tertiary/aromatic N) is 2. The lowest BCUT2D eigenvalue weighted by molar-refractivity contribution is 0.250. The minimum atomic E-state index is 0.838. The molecule has 1 aliphatic carbocycles. The number of anilines is 1. The number of unbranched alkanes of at least 4 members (excludes halogenated alkanes) is 1. The number of aromatic nitrogens is 1. The summed E-state index contributed by atoms with van der Waals surface area (Å²) in [6.45, 7) is 4.55. The molecular weight excluding hydrogens is 210 g/mol. The first-order chi connectivity index (χ1) is 8.33. The zero-order chi connectivity index (χ0) is 12.1. The molecule has 0 bridgehead atoms. The Kier molecular flexibility index (Phi) is 4.37. The van der Waals surface area contributed by atoms with Crippen LogP contribution in [0.15, 0.2) is 18.3 Å². The summed E-state index contributed by atoms with van der Waals surface area (Å²) >= 11 is 0. The van der Waals surface area contributed by atoms with Crippen molar-refractivity contribution in [3.8, 4) is 0 Å². The van der Waals surface area contributed by atoms with Crippen LogP contribution in [0.1, 0.15) is 38.2 Å². The second-order valence-electron chi connectivity index (χ2n) is 4.86. The Morgan fingerprint density at radius 2 is 2.24 bits per heavy atom. The van der Waals surface area contributed by atoms with Crippen molar-refractivity contribution in [2.75, 3.05) is 18.9 Å². The fourth-order valence-corrected chi connectivity index (χ4v) is 2.09. The van der Waals surface area contributed by atoms with Crippen LogP contribution in [0, 0.1) is 0 Å². The molecule has 0 atom stereocenters. The molecule has 0 aromatic carbocycles. The van der Waals surface area contributed by atoms with Gasteiger partial charge in [0.1, 0.15) is 5.82 Å². The van der Waals surface area contributed by atoms with E-state index in [0.29, 0.717) is 0 Å². The molecule has 3 heteroatoms. The summed E-state index contributed by atoms with van der Waals surface area (Å²) in [6.07, 6.45) is 7.34. The van der Waals surface area contributed by atoms with Gasteiger partial charge in [0, 0.05) is 25.8 Å². The molecule has 0 unspecified atom stereocenters. The quantitative estimate of drug-likeness (QED) is 0.785. The molecule has 94 valence electrons. The van der Waals surface area contributed by atoms with Crippen molar-refractivity contribution in [2.45, 2.75) is 45.2 Å². The van der Waals surface area contributed by atoms with Gasteiger partial charge in [-0.3, -0.25) is 4.90 Å². The summed E-state index contributed by atoms with van der Waals surface area (Å²) in [7, 11) is 1.90. The predicted molar refractivity (Wildman–Crippen MR) is 72.1 cm³/mol. The second-order valence-corrected chi connectivity index (χ2v) is 4.86. The molecule has 1 aliphatic rings.